The summed E-state index contributed by atoms with van der Waals surface area (Å²) >= 11 is 0. The number of morpholine rings is 1. The minimum absolute atomic E-state index is 0.235. The number of hydrogen-bond acceptors (Lipinski definition) is 6. The maximum atomic E-state index is 7.80. The van der Waals surface area contributed by atoms with Crippen LogP contribution in [0.4, 0.5) is 17.6 Å². The van der Waals surface area contributed by atoms with Crippen molar-refractivity contribution in [3.63, 3.8) is 0 Å². The van der Waals surface area contributed by atoms with Gasteiger partial charge in [0.25, 0.3) is 5.54 Å². The molecule has 136 valence electrons. The lowest BCUT2D eigenvalue weighted by atomic mass is 9.94. The molecule has 0 unspecified atom stereocenters. The van der Waals surface area contributed by atoms with Gasteiger partial charge in [-0.25, -0.2) is 11.6 Å². The number of ether oxygens (including phenoxy) is 1. The first-order valence-electron chi connectivity index (χ1n) is 9.09. The van der Waals surface area contributed by atoms with Gasteiger partial charge >= 0.3 is 0 Å². The Labute approximate surface area is 152 Å². The van der Waals surface area contributed by atoms with Crippen LogP contribution < -0.4 is 10.2 Å². The van der Waals surface area contributed by atoms with E-state index in [0.29, 0.717) is 19.2 Å². The average molecular weight is 353 g/mol. The molecular formula is C18H23N7O. The monoisotopic (exact) mass is 353 g/mol. The maximum Gasteiger partial charge on any atom is 0.274 e. The van der Waals surface area contributed by atoms with E-state index in [1.54, 1.807) is 6.20 Å². The molecule has 0 bridgehead atoms. The predicted molar refractivity (Wildman–Crippen MR) is 98.3 cm³/mol. The van der Waals surface area contributed by atoms with Crippen LogP contribution in [0.2, 0.25) is 0 Å². The lowest BCUT2D eigenvalue weighted by Gasteiger charge is -2.34. The molecule has 0 spiro atoms. The Morgan fingerprint density at radius 2 is 2.23 bits per heavy atom. The summed E-state index contributed by atoms with van der Waals surface area (Å²) in [6.45, 7) is 12.1. The average Bonchev–Trinajstić information content (AvgIpc) is 3.34. The van der Waals surface area contributed by atoms with E-state index in [4.69, 9.17) is 21.3 Å². The largest absolute Gasteiger partial charge is 0.377 e. The number of anilines is 3. The van der Waals surface area contributed by atoms with Crippen LogP contribution in [0.15, 0.2) is 18.3 Å². The molecule has 2 aliphatic rings. The van der Waals surface area contributed by atoms with Gasteiger partial charge in [-0.3, -0.25) is 5.10 Å². The van der Waals surface area contributed by atoms with E-state index >= 15 is 0 Å². The van der Waals surface area contributed by atoms with Crippen LogP contribution in [-0.4, -0.2) is 46.0 Å². The van der Waals surface area contributed by atoms with Gasteiger partial charge in [-0.1, -0.05) is 0 Å². The molecule has 0 aromatic carbocycles. The molecular weight excluding hydrogens is 330 g/mol. The van der Waals surface area contributed by atoms with Crippen LogP contribution in [0.5, 0.6) is 0 Å². The third kappa shape index (κ3) is 3.10. The molecule has 1 atom stereocenters. The SMILES string of the molecule is [C-]#[N+]C1(c2cc(N3CCOC[C@H]3C)nc(Nc3ccn[nH]3)n2)CCCC1. The number of aromatic amines is 1. The van der Waals surface area contributed by atoms with E-state index < -0.39 is 5.54 Å². The van der Waals surface area contributed by atoms with Crippen LogP contribution in [-0.2, 0) is 10.3 Å². The number of rotatable bonds is 4. The Hall–Kier alpha value is -2.66. The molecule has 4 rings (SSSR count). The third-order valence-corrected chi connectivity index (χ3v) is 5.24. The van der Waals surface area contributed by atoms with E-state index in [2.05, 4.69) is 32.2 Å². The fourth-order valence-corrected chi connectivity index (χ4v) is 3.77. The van der Waals surface area contributed by atoms with Gasteiger partial charge in [0.05, 0.1) is 25.5 Å². The van der Waals surface area contributed by atoms with Crippen molar-refractivity contribution in [1.29, 1.82) is 0 Å². The van der Waals surface area contributed by atoms with Crippen molar-refractivity contribution in [3.05, 3.63) is 35.4 Å². The second-order valence-electron chi connectivity index (χ2n) is 7.00. The van der Waals surface area contributed by atoms with E-state index in [0.717, 1.165) is 49.6 Å². The Kier molecular flexibility index (Phi) is 4.47. The van der Waals surface area contributed by atoms with Crippen molar-refractivity contribution in [1.82, 2.24) is 20.2 Å². The number of hydrogen-bond donors (Lipinski definition) is 2. The highest BCUT2D eigenvalue weighted by molar-refractivity contribution is 5.53. The van der Waals surface area contributed by atoms with Crippen molar-refractivity contribution in [2.24, 2.45) is 0 Å². The molecule has 1 aliphatic carbocycles. The van der Waals surface area contributed by atoms with Gasteiger partial charge in [0.15, 0.2) is 0 Å². The zero-order chi connectivity index (χ0) is 18.0. The molecule has 2 aromatic heterocycles. The molecule has 1 aliphatic heterocycles. The van der Waals surface area contributed by atoms with Gasteiger partial charge in [0, 0.05) is 31.5 Å². The number of H-pyrrole nitrogens is 1. The second-order valence-corrected chi connectivity index (χ2v) is 7.00. The highest BCUT2D eigenvalue weighted by Crippen LogP contribution is 2.42. The molecule has 1 saturated heterocycles. The molecule has 8 nitrogen and oxygen atoms in total. The van der Waals surface area contributed by atoms with Gasteiger partial charge in [-0.15, -0.1) is 0 Å². The Bertz CT molecular complexity index is 792. The van der Waals surface area contributed by atoms with Crippen LogP contribution in [0.1, 0.15) is 38.3 Å². The minimum atomic E-state index is -0.530. The van der Waals surface area contributed by atoms with Gasteiger partial charge in [-0.2, -0.15) is 10.1 Å². The van der Waals surface area contributed by atoms with Gasteiger partial charge in [0.1, 0.15) is 17.3 Å². The van der Waals surface area contributed by atoms with E-state index in [-0.39, 0.29) is 6.04 Å². The van der Waals surface area contributed by atoms with Crippen molar-refractivity contribution in [2.75, 3.05) is 30.0 Å². The van der Waals surface area contributed by atoms with Crippen molar-refractivity contribution in [2.45, 2.75) is 44.2 Å². The van der Waals surface area contributed by atoms with Gasteiger partial charge in [-0.05, 0) is 19.8 Å². The van der Waals surface area contributed by atoms with E-state index in [1.165, 1.54) is 0 Å². The summed E-state index contributed by atoms with van der Waals surface area (Å²) in [5.41, 5.74) is 0.285. The molecule has 2 N–H and O–H groups in total. The summed E-state index contributed by atoms with van der Waals surface area (Å²) in [5.74, 6) is 2.07. The molecule has 0 radical (unpaired) electrons. The highest BCUT2D eigenvalue weighted by Gasteiger charge is 2.44. The van der Waals surface area contributed by atoms with Gasteiger partial charge < -0.3 is 19.8 Å². The van der Waals surface area contributed by atoms with Crippen molar-refractivity contribution >= 4 is 17.6 Å². The molecule has 2 aromatic rings. The fraction of sp³-hybridized carbons (Fsp3) is 0.556. The Morgan fingerprint density at radius 3 is 2.92 bits per heavy atom. The third-order valence-electron chi connectivity index (χ3n) is 5.24. The first kappa shape index (κ1) is 16.8. The summed E-state index contributed by atoms with van der Waals surface area (Å²) < 4.78 is 5.56. The summed E-state index contributed by atoms with van der Waals surface area (Å²) in [7, 11) is 0. The molecule has 3 heterocycles. The van der Waals surface area contributed by atoms with Crippen molar-refractivity contribution < 1.29 is 4.74 Å². The topological polar surface area (TPSA) is 83.3 Å². The van der Waals surface area contributed by atoms with Crippen LogP contribution in [0, 0.1) is 6.57 Å². The second kappa shape index (κ2) is 6.92. The molecule has 0 amide bonds. The van der Waals surface area contributed by atoms with Crippen molar-refractivity contribution in [3.8, 4) is 0 Å². The lowest BCUT2D eigenvalue weighted by molar-refractivity contribution is 0.0985. The number of nitrogens with zero attached hydrogens (tertiary/aromatic N) is 5. The minimum Gasteiger partial charge on any atom is -0.377 e. The summed E-state index contributed by atoms with van der Waals surface area (Å²) in [5, 5.41) is 10.0. The first-order valence-corrected chi connectivity index (χ1v) is 9.09. The summed E-state index contributed by atoms with van der Waals surface area (Å²) in [6.07, 6.45) is 5.52. The molecule has 26 heavy (non-hydrogen) atoms. The first-order chi connectivity index (χ1) is 12.7. The number of nitrogens with one attached hydrogen (secondary N) is 2. The molecule has 8 heteroatoms. The summed E-state index contributed by atoms with van der Waals surface area (Å²) in [4.78, 5) is 15.7. The highest BCUT2D eigenvalue weighted by atomic mass is 16.5. The van der Waals surface area contributed by atoms with E-state index in [9.17, 15) is 0 Å². The smallest absolute Gasteiger partial charge is 0.274 e. The van der Waals surface area contributed by atoms with Crippen LogP contribution in [0.25, 0.3) is 4.85 Å². The number of aromatic nitrogens is 4. The van der Waals surface area contributed by atoms with E-state index in [1.807, 2.05) is 12.1 Å². The van der Waals surface area contributed by atoms with Gasteiger partial charge in [0.2, 0.25) is 5.95 Å². The summed E-state index contributed by atoms with van der Waals surface area (Å²) in [6, 6.07) is 4.07. The lowest BCUT2D eigenvalue weighted by Crippen LogP contribution is -2.44. The Morgan fingerprint density at radius 1 is 1.38 bits per heavy atom. The zero-order valence-corrected chi connectivity index (χ0v) is 14.9. The predicted octanol–water partition coefficient (Wildman–Crippen LogP) is 2.86. The fourth-order valence-electron chi connectivity index (χ4n) is 3.77. The quantitative estimate of drug-likeness (QED) is 0.823. The normalized spacial score (nSPS) is 22.2. The maximum absolute atomic E-state index is 7.80. The van der Waals surface area contributed by atoms with Crippen LogP contribution in [0.3, 0.4) is 0 Å². The van der Waals surface area contributed by atoms with Crippen LogP contribution >= 0.6 is 0 Å². The Balaban J connectivity index is 1.75. The standard InChI is InChI=1S/C18H23N7O/c1-13-12-26-10-9-25(13)16-11-14(18(19-2)6-3-4-7-18)21-17(23-16)22-15-5-8-20-24-15/h5,8,11,13H,3-4,6-7,9-10,12H2,1H3,(H2,20,21,22,23,24)/t13-/m1/s1. The molecule has 2 fully saturated rings. The zero-order valence-electron chi connectivity index (χ0n) is 14.9. The molecule has 1 saturated carbocycles.